The zero-order valence-electron chi connectivity index (χ0n) is 17.4. The molecule has 0 radical (unpaired) electrons. The van der Waals surface area contributed by atoms with Gasteiger partial charge in [0.05, 0.1) is 10.9 Å². The Morgan fingerprint density at radius 2 is 1.70 bits per heavy atom. The van der Waals surface area contributed by atoms with E-state index < -0.39 is 11.7 Å². The normalized spacial score (nSPS) is 13.6. The first-order chi connectivity index (χ1) is 15.8. The molecule has 1 aliphatic rings. The Balaban J connectivity index is 1.71. The molecule has 0 saturated carbocycles. The number of anilines is 3. The van der Waals surface area contributed by atoms with E-state index in [2.05, 4.69) is 30.6 Å². The van der Waals surface area contributed by atoms with E-state index in [9.17, 15) is 13.2 Å². The van der Waals surface area contributed by atoms with Crippen molar-refractivity contribution >= 4 is 34.2 Å². The number of nitrogens with two attached hydrogens (primary N) is 1. The number of benzene rings is 2. The highest BCUT2D eigenvalue weighted by atomic mass is 19.4. The molecule has 0 spiro atoms. The van der Waals surface area contributed by atoms with Crippen LogP contribution < -0.4 is 16.4 Å². The molecule has 4 N–H and O–H groups in total. The maximum atomic E-state index is 13.7. The predicted octanol–water partition coefficient (Wildman–Crippen LogP) is 4.96. The molecule has 7 nitrogen and oxygen atoms in total. The molecule has 10 heteroatoms. The van der Waals surface area contributed by atoms with E-state index in [-0.39, 0.29) is 28.8 Å². The second kappa shape index (κ2) is 7.73. The lowest BCUT2D eigenvalue weighted by atomic mass is 10.0. The van der Waals surface area contributed by atoms with Crippen molar-refractivity contribution in [3.63, 3.8) is 0 Å². The highest BCUT2D eigenvalue weighted by molar-refractivity contribution is 5.95. The summed E-state index contributed by atoms with van der Waals surface area (Å²) >= 11 is 0. The van der Waals surface area contributed by atoms with Crippen LogP contribution in [0.2, 0.25) is 0 Å². The number of aromatic nitrogens is 4. The van der Waals surface area contributed by atoms with Gasteiger partial charge in [0.2, 0.25) is 5.95 Å². The molecule has 0 atom stereocenters. The molecule has 4 aromatic rings. The molecule has 0 unspecified atom stereocenters. The SMILES string of the molecule is CC1=C(Nc2nc(-c3ccccc3C(F)(F)F)nc3nc(N)ncc23)c2ccccc2NC1. The fourth-order valence-electron chi connectivity index (χ4n) is 3.76. The van der Waals surface area contributed by atoms with Gasteiger partial charge in [0.15, 0.2) is 11.5 Å². The van der Waals surface area contributed by atoms with Gasteiger partial charge in [-0.05, 0) is 24.6 Å². The summed E-state index contributed by atoms with van der Waals surface area (Å²) in [5.74, 6) is 0.138. The van der Waals surface area contributed by atoms with Gasteiger partial charge in [0.25, 0.3) is 0 Å². The molecule has 0 bridgehead atoms. The number of halogens is 3. The third-order valence-corrected chi connectivity index (χ3v) is 5.36. The van der Waals surface area contributed by atoms with E-state index in [0.29, 0.717) is 11.9 Å². The van der Waals surface area contributed by atoms with E-state index in [1.807, 2.05) is 31.2 Å². The third-order valence-electron chi connectivity index (χ3n) is 5.36. The molecule has 33 heavy (non-hydrogen) atoms. The zero-order valence-corrected chi connectivity index (χ0v) is 17.4. The van der Waals surface area contributed by atoms with Gasteiger partial charge in [-0.25, -0.2) is 15.0 Å². The minimum absolute atomic E-state index is 0.0372. The monoisotopic (exact) mass is 449 g/mol. The average molecular weight is 449 g/mol. The molecule has 0 saturated heterocycles. The fraction of sp³-hybridized carbons (Fsp3) is 0.130. The second-order valence-electron chi connectivity index (χ2n) is 7.58. The summed E-state index contributed by atoms with van der Waals surface area (Å²) in [6, 6.07) is 12.9. The summed E-state index contributed by atoms with van der Waals surface area (Å²) in [4.78, 5) is 16.9. The number of nitrogens with one attached hydrogen (secondary N) is 2. The lowest BCUT2D eigenvalue weighted by Gasteiger charge is -2.24. The van der Waals surface area contributed by atoms with Crippen molar-refractivity contribution in [1.29, 1.82) is 0 Å². The molecule has 3 heterocycles. The second-order valence-corrected chi connectivity index (χ2v) is 7.58. The zero-order chi connectivity index (χ0) is 23.2. The number of rotatable bonds is 3. The number of alkyl halides is 3. The van der Waals surface area contributed by atoms with Crippen LogP contribution in [0.3, 0.4) is 0 Å². The van der Waals surface area contributed by atoms with Gasteiger partial charge in [0.1, 0.15) is 5.82 Å². The molecular weight excluding hydrogens is 431 g/mol. The quantitative estimate of drug-likeness (QED) is 0.406. The van der Waals surface area contributed by atoms with Crippen LogP contribution in [-0.4, -0.2) is 26.5 Å². The van der Waals surface area contributed by atoms with Crippen LogP contribution in [0.5, 0.6) is 0 Å². The number of fused-ring (bicyclic) bond motifs is 2. The lowest BCUT2D eigenvalue weighted by Crippen LogP contribution is -2.17. The van der Waals surface area contributed by atoms with Gasteiger partial charge in [-0.2, -0.15) is 18.2 Å². The summed E-state index contributed by atoms with van der Waals surface area (Å²) in [7, 11) is 0. The fourth-order valence-corrected chi connectivity index (χ4v) is 3.76. The van der Waals surface area contributed by atoms with E-state index in [0.717, 1.165) is 28.6 Å². The Hall–Kier alpha value is -4.21. The van der Waals surface area contributed by atoms with Crippen molar-refractivity contribution in [3.8, 4) is 11.4 Å². The number of hydrogen-bond acceptors (Lipinski definition) is 7. The van der Waals surface area contributed by atoms with Gasteiger partial charge in [-0.3, -0.25) is 0 Å². The molecule has 0 fully saturated rings. The Labute approximate surface area is 186 Å². The standard InChI is InChI=1S/C23H18F3N7/c1-12-10-28-17-9-5-3-7-14(17)18(12)30-20-15-11-29-22(27)33-21(15)32-19(31-20)13-6-2-4-8-16(13)23(24,25)26/h2-9,11,28H,10H2,1H3,(H3,27,29,30,31,32,33). The van der Waals surface area contributed by atoms with Crippen molar-refractivity contribution in [2.24, 2.45) is 0 Å². The smallest absolute Gasteiger partial charge is 0.381 e. The van der Waals surface area contributed by atoms with Gasteiger partial charge in [-0.15, -0.1) is 0 Å². The van der Waals surface area contributed by atoms with E-state index >= 15 is 0 Å². The topological polar surface area (TPSA) is 102 Å². The molecule has 5 rings (SSSR count). The molecule has 0 amide bonds. The number of nitrogen functional groups attached to an aromatic ring is 1. The first-order valence-electron chi connectivity index (χ1n) is 10.1. The number of nitrogens with zero attached hydrogens (tertiary/aromatic N) is 4. The van der Waals surface area contributed by atoms with Crippen LogP contribution in [0.1, 0.15) is 18.1 Å². The highest BCUT2D eigenvalue weighted by Gasteiger charge is 2.34. The molecule has 166 valence electrons. The highest BCUT2D eigenvalue weighted by Crippen LogP contribution is 2.38. The van der Waals surface area contributed by atoms with Gasteiger partial charge in [-0.1, -0.05) is 36.4 Å². The van der Waals surface area contributed by atoms with Crippen molar-refractivity contribution < 1.29 is 13.2 Å². The summed E-state index contributed by atoms with van der Waals surface area (Å²) in [5.41, 5.74) is 8.56. The number of para-hydroxylation sites is 1. The number of hydrogen-bond donors (Lipinski definition) is 3. The Morgan fingerprint density at radius 3 is 2.48 bits per heavy atom. The summed E-state index contributed by atoms with van der Waals surface area (Å²) in [6.45, 7) is 2.57. The van der Waals surface area contributed by atoms with Crippen molar-refractivity contribution in [1.82, 2.24) is 19.9 Å². The molecule has 1 aliphatic heterocycles. The Kier molecular flexibility index (Phi) is 4.85. The van der Waals surface area contributed by atoms with E-state index in [1.165, 1.54) is 24.4 Å². The van der Waals surface area contributed by atoms with Crippen LogP contribution >= 0.6 is 0 Å². The summed E-state index contributed by atoms with van der Waals surface area (Å²) in [6.07, 6.45) is -3.11. The maximum Gasteiger partial charge on any atom is 0.417 e. The predicted molar refractivity (Wildman–Crippen MR) is 121 cm³/mol. The van der Waals surface area contributed by atoms with Crippen LogP contribution in [0.15, 0.2) is 60.3 Å². The Morgan fingerprint density at radius 1 is 0.970 bits per heavy atom. The maximum absolute atomic E-state index is 13.7. The first-order valence-corrected chi connectivity index (χ1v) is 10.1. The van der Waals surface area contributed by atoms with Crippen LogP contribution in [0.4, 0.5) is 30.6 Å². The van der Waals surface area contributed by atoms with Gasteiger partial charge >= 0.3 is 6.18 Å². The van der Waals surface area contributed by atoms with E-state index in [1.54, 1.807) is 0 Å². The average Bonchev–Trinajstić information content (AvgIpc) is 2.80. The summed E-state index contributed by atoms with van der Waals surface area (Å²) < 4.78 is 41.0. The van der Waals surface area contributed by atoms with Gasteiger partial charge in [0, 0.05) is 35.3 Å². The van der Waals surface area contributed by atoms with Crippen molar-refractivity contribution in [2.75, 3.05) is 22.9 Å². The van der Waals surface area contributed by atoms with Crippen molar-refractivity contribution in [2.45, 2.75) is 13.1 Å². The largest absolute Gasteiger partial charge is 0.417 e. The molecule has 0 aliphatic carbocycles. The summed E-state index contributed by atoms with van der Waals surface area (Å²) in [5, 5.41) is 7.08. The molecular formula is C23H18F3N7. The Bertz CT molecular complexity index is 1410. The van der Waals surface area contributed by atoms with Crippen LogP contribution in [-0.2, 0) is 6.18 Å². The minimum atomic E-state index is -4.57. The first kappa shape index (κ1) is 20.7. The van der Waals surface area contributed by atoms with Crippen LogP contribution in [0.25, 0.3) is 28.1 Å². The molecule has 2 aromatic carbocycles. The minimum Gasteiger partial charge on any atom is -0.381 e. The lowest BCUT2D eigenvalue weighted by molar-refractivity contribution is -0.137. The van der Waals surface area contributed by atoms with E-state index in [4.69, 9.17) is 5.73 Å². The van der Waals surface area contributed by atoms with Gasteiger partial charge < -0.3 is 16.4 Å². The third kappa shape index (κ3) is 3.79. The van der Waals surface area contributed by atoms with Crippen LogP contribution in [0, 0.1) is 0 Å². The molecule has 2 aromatic heterocycles. The van der Waals surface area contributed by atoms with Crippen molar-refractivity contribution in [3.05, 3.63) is 71.4 Å².